The number of hydrogen-bond acceptors (Lipinski definition) is 3. The first-order valence-electron chi connectivity index (χ1n) is 7.09. The third kappa shape index (κ3) is 4.20. The zero-order valence-electron chi connectivity index (χ0n) is 12.1. The lowest BCUT2D eigenvalue weighted by molar-refractivity contribution is 0.275. The van der Waals surface area contributed by atoms with E-state index in [9.17, 15) is 9.50 Å². The number of para-hydroxylation sites is 1. The molecule has 2 rings (SSSR count). The average molecular weight is 289 g/mol. The van der Waals surface area contributed by atoms with Gasteiger partial charge in [-0.3, -0.25) is 0 Å². The highest BCUT2D eigenvalue weighted by atomic mass is 19.1. The Hall–Kier alpha value is -2.07. The maximum absolute atomic E-state index is 13.7. The van der Waals surface area contributed by atoms with Gasteiger partial charge in [-0.05, 0) is 36.2 Å². The Labute approximate surface area is 124 Å². The monoisotopic (exact) mass is 289 g/mol. The van der Waals surface area contributed by atoms with Crippen LogP contribution in [0.15, 0.2) is 48.5 Å². The number of rotatable bonds is 7. The zero-order valence-corrected chi connectivity index (χ0v) is 12.1. The highest BCUT2D eigenvalue weighted by Crippen LogP contribution is 2.24. The number of nitrogens with one attached hydrogen (secondary N) is 1. The van der Waals surface area contributed by atoms with Gasteiger partial charge >= 0.3 is 0 Å². The quantitative estimate of drug-likeness (QED) is 0.815. The summed E-state index contributed by atoms with van der Waals surface area (Å²) in [6, 6.07) is 13.5. The molecule has 0 spiro atoms. The van der Waals surface area contributed by atoms with Crippen LogP contribution in [0.3, 0.4) is 0 Å². The predicted octanol–water partition coefficient (Wildman–Crippen LogP) is 3.76. The summed E-state index contributed by atoms with van der Waals surface area (Å²) in [6.45, 7) is 2.56. The summed E-state index contributed by atoms with van der Waals surface area (Å²) in [5.41, 5.74) is 1.23. The Morgan fingerprint density at radius 2 is 2.00 bits per heavy atom. The molecule has 0 aliphatic heterocycles. The number of benzene rings is 2. The molecule has 2 aromatic rings. The Kier molecular flexibility index (Phi) is 5.58. The van der Waals surface area contributed by atoms with Gasteiger partial charge in [0.05, 0.1) is 24.9 Å². The van der Waals surface area contributed by atoms with Crippen molar-refractivity contribution >= 4 is 5.69 Å². The van der Waals surface area contributed by atoms with Gasteiger partial charge in [0.2, 0.25) is 0 Å². The van der Waals surface area contributed by atoms with E-state index in [2.05, 4.69) is 5.32 Å². The van der Waals surface area contributed by atoms with Crippen LogP contribution in [0.25, 0.3) is 0 Å². The molecule has 1 unspecified atom stereocenters. The SMILES string of the molecule is CCCOc1cccc(C(CO)Nc2ccccc2F)c1. The van der Waals surface area contributed by atoms with Crippen molar-refractivity contribution in [3.8, 4) is 5.75 Å². The van der Waals surface area contributed by atoms with E-state index in [1.807, 2.05) is 31.2 Å². The molecule has 112 valence electrons. The van der Waals surface area contributed by atoms with Crippen LogP contribution >= 0.6 is 0 Å². The van der Waals surface area contributed by atoms with E-state index in [-0.39, 0.29) is 18.5 Å². The molecule has 0 heterocycles. The number of anilines is 1. The summed E-state index contributed by atoms with van der Waals surface area (Å²) in [6.07, 6.45) is 0.932. The smallest absolute Gasteiger partial charge is 0.146 e. The number of ether oxygens (including phenoxy) is 1. The maximum atomic E-state index is 13.7. The van der Waals surface area contributed by atoms with Gasteiger partial charge in [-0.2, -0.15) is 0 Å². The summed E-state index contributed by atoms with van der Waals surface area (Å²) in [5, 5.41) is 12.6. The Balaban J connectivity index is 2.15. The van der Waals surface area contributed by atoms with Crippen molar-refractivity contribution in [2.75, 3.05) is 18.5 Å². The molecule has 21 heavy (non-hydrogen) atoms. The molecule has 4 heteroatoms. The van der Waals surface area contributed by atoms with Gasteiger partial charge in [0.15, 0.2) is 0 Å². The lowest BCUT2D eigenvalue weighted by Crippen LogP contribution is -2.15. The summed E-state index contributed by atoms with van der Waals surface area (Å²) in [5.74, 6) is 0.414. The first kappa shape index (κ1) is 15.3. The first-order valence-corrected chi connectivity index (χ1v) is 7.09. The van der Waals surface area contributed by atoms with Gasteiger partial charge < -0.3 is 15.2 Å². The molecule has 0 bridgehead atoms. The second-order valence-corrected chi connectivity index (χ2v) is 4.78. The van der Waals surface area contributed by atoms with Crippen molar-refractivity contribution in [1.82, 2.24) is 0 Å². The molecule has 0 saturated carbocycles. The molecule has 0 radical (unpaired) electrons. The minimum absolute atomic E-state index is 0.133. The topological polar surface area (TPSA) is 41.5 Å². The van der Waals surface area contributed by atoms with E-state index in [1.54, 1.807) is 18.2 Å². The highest BCUT2D eigenvalue weighted by Gasteiger charge is 2.13. The predicted molar refractivity (Wildman–Crippen MR) is 82.1 cm³/mol. The van der Waals surface area contributed by atoms with Crippen molar-refractivity contribution in [3.05, 3.63) is 59.9 Å². The molecule has 3 nitrogen and oxygen atoms in total. The van der Waals surface area contributed by atoms with Gasteiger partial charge in [0.25, 0.3) is 0 Å². The molecule has 2 N–H and O–H groups in total. The number of aliphatic hydroxyl groups is 1. The normalized spacial score (nSPS) is 12.0. The minimum atomic E-state index is -0.382. The van der Waals surface area contributed by atoms with E-state index < -0.39 is 0 Å². The molecule has 0 fully saturated rings. The largest absolute Gasteiger partial charge is 0.494 e. The van der Waals surface area contributed by atoms with Crippen molar-refractivity contribution in [2.24, 2.45) is 0 Å². The van der Waals surface area contributed by atoms with E-state index in [0.29, 0.717) is 12.3 Å². The molecule has 2 aromatic carbocycles. The van der Waals surface area contributed by atoms with Crippen molar-refractivity contribution in [2.45, 2.75) is 19.4 Å². The second kappa shape index (κ2) is 7.64. The third-order valence-corrected chi connectivity index (χ3v) is 3.12. The number of aliphatic hydroxyl groups excluding tert-OH is 1. The van der Waals surface area contributed by atoms with Gasteiger partial charge in [-0.15, -0.1) is 0 Å². The van der Waals surface area contributed by atoms with E-state index in [1.165, 1.54) is 6.07 Å². The second-order valence-electron chi connectivity index (χ2n) is 4.78. The number of halogens is 1. The fourth-order valence-corrected chi connectivity index (χ4v) is 2.04. The summed E-state index contributed by atoms with van der Waals surface area (Å²) in [4.78, 5) is 0. The third-order valence-electron chi connectivity index (χ3n) is 3.12. The molecule has 0 saturated heterocycles. The van der Waals surface area contributed by atoms with Gasteiger partial charge in [0.1, 0.15) is 11.6 Å². The Morgan fingerprint density at radius 1 is 1.19 bits per heavy atom. The molecular weight excluding hydrogens is 269 g/mol. The Morgan fingerprint density at radius 3 is 2.71 bits per heavy atom. The van der Waals surface area contributed by atoms with Crippen molar-refractivity contribution in [3.63, 3.8) is 0 Å². The van der Waals surface area contributed by atoms with Crippen LogP contribution in [0.5, 0.6) is 5.75 Å². The lowest BCUT2D eigenvalue weighted by Gasteiger charge is -2.19. The standard InChI is InChI=1S/C17H20FNO2/c1-2-10-21-14-7-5-6-13(11-14)17(12-20)19-16-9-4-3-8-15(16)18/h3-9,11,17,19-20H,2,10,12H2,1H3. The lowest BCUT2D eigenvalue weighted by atomic mass is 10.1. The van der Waals surface area contributed by atoms with Crippen molar-refractivity contribution < 1.29 is 14.2 Å². The van der Waals surface area contributed by atoms with Crippen LogP contribution < -0.4 is 10.1 Å². The van der Waals surface area contributed by atoms with Crippen molar-refractivity contribution in [1.29, 1.82) is 0 Å². The van der Waals surface area contributed by atoms with Crippen LogP contribution in [-0.2, 0) is 0 Å². The van der Waals surface area contributed by atoms with Crippen LogP contribution in [0.4, 0.5) is 10.1 Å². The van der Waals surface area contributed by atoms with E-state index >= 15 is 0 Å². The molecule has 0 aromatic heterocycles. The molecule has 0 aliphatic carbocycles. The van der Waals surface area contributed by atoms with Crippen LogP contribution in [0.1, 0.15) is 24.9 Å². The fraction of sp³-hybridized carbons (Fsp3) is 0.294. The maximum Gasteiger partial charge on any atom is 0.146 e. The first-order chi connectivity index (χ1) is 10.2. The number of hydrogen-bond donors (Lipinski definition) is 2. The van der Waals surface area contributed by atoms with E-state index in [4.69, 9.17) is 4.74 Å². The minimum Gasteiger partial charge on any atom is -0.494 e. The van der Waals surface area contributed by atoms with Gasteiger partial charge in [-0.1, -0.05) is 31.2 Å². The highest BCUT2D eigenvalue weighted by molar-refractivity contribution is 5.47. The summed E-state index contributed by atoms with van der Waals surface area (Å²) >= 11 is 0. The van der Waals surface area contributed by atoms with Gasteiger partial charge in [0, 0.05) is 0 Å². The fourth-order valence-electron chi connectivity index (χ4n) is 2.04. The Bertz CT molecular complexity index is 574. The average Bonchev–Trinajstić information content (AvgIpc) is 2.52. The van der Waals surface area contributed by atoms with Crippen LogP contribution in [-0.4, -0.2) is 18.3 Å². The zero-order chi connectivity index (χ0) is 15.1. The molecular formula is C17H20FNO2. The molecule has 1 atom stereocenters. The summed E-state index contributed by atoms with van der Waals surface area (Å²) in [7, 11) is 0. The van der Waals surface area contributed by atoms with Gasteiger partial charge in [-0.25, -0.2) is 4.39 Å². The van der Waals surface area contributed by atoms with Crippen LogP contribution in [0, 0.1) is 5.82 Å². The molecule has 0 amide bonds. The summed E-state index contributed by atoms with van der Waals surface area (Å²) < 4.78 is 19.3. The molecule has 0 aliphatic rings. The van der Waals surface area contributed by atoms with E-state index in [0.717, 1.165) is 17.7 Å². The van der Waals surface area contributed by atoms with Crippen LogP contribution in [0.2, 0.25) is 0 Å².